The van der Waals surface area contributed by atoms with Crippen LogP contribution >= 0.6 is 0 Å². The molecule has 2 aliphatic heterocycles. The van der Waals surface area contributed by atoms with Gasteiger partial charge in [-0.3, -0.25) is 9.88 Å². The van der Waals surface area contributed by atoms with Crippen molar-refractivity contribution in [3.05, 3.63) is 12.7 Å². The van der Waals surface area contributed by atoms with Crippen LogP contribution in [0.2, 0.25) is 18.1 Å². The SMILES string of the molecule is CC(C)(C)[Si](C)(C)OC[C@H]1O[C@@H](n2cnc3c(NC(=O)NC4CCCCC4)ncnc32)C2OC3(CCCCC3)O[C@H]21. The number of nitrogens with one attached hydrogen (secondary N) is 2. The number of hydrogen-bond acceptors (Lipinski definition) is 8. The van der Waals surface area contributed by atoms with Gasteiger partial charge in [-0.2, -0.15) is 0 Å². The minimum Gasteiger partial charge on any atom is -0.414 e. The molecule has 4 aliphatic rings. The normalized spacial score (nSPS) is 28.7. The summed E-state index contributed by atoms with van der Waals surface area (Å²) in [6.07, 6.45) is 12.5. The summed E-state index contributed by atoms with van der Waals surface area (Å²) < 4.78 is 28.6. The van der Waals surface area contributed by atoms with Crippen LogP contribution in [0.4, 0.5) is 10.6 Å². The van der Waals surface area contributed by atoms with E-state index in [1.54, 1.807) is 6.33 Å². The van der Waals surface area contributed by atoms with Gasteiger partial charge >= 0.3 is 6.03 Å². The Hall–Kier alpha value is -2.12. The molecular formula is C29H46N6O5Si. The lowest BCUT2D eigenvalue weighted by Crippen LogP contribution is -2.45. The second-order valence-corrected chi connectivity index (χ2v) is 18.6. The standard InChI is InChI=1S/C29H46N6O5Si/c1-28(2,3)41(4,5)37-16-20-22-23(40-29(39-22)14-10-7-11-15-29)26(38-20)35-18-32-21-24(30-17-31-25(21)35)34-27(36)33-19-12-8-6-9-13-19/h17-20,22-23,26H,6-16H2,1-5H3,(H2,30,31,33,34,36)/t20-,22+,23?,26-/m1/s1. The minimum absolute atomic E-state index is 0.0895. The molecule has 226 valence electrons. The number of amides is 2. The zero-order valence-electron chi connectivity index (χ0n) is 25.1. The number of carbonyl (C=O) groups excluding carboxylic acids is 1. The first kappa shape index (κ1) is 29.0. The van der Waals surface area contributed by atoms with Crippen LogP contribution in [0.1, 0.15) is 91.2 Å². The fourth-order valence-corrected chi connectivity index (χ4v) is 7.41. The van der Waals surface area contributed by atoms with Crippen molar-refractivity contribution in [2.45, 2.75) is 139 Å². The molecular weight excluding hydrogens is 540 g/mol. The fraction of sp³-hybridized carbons (Fsp3) is 0.793. The van der Waals surface area contributed by atoms with E-state index in [2.05, 4.69) is 59.5 Å². The summed E-state index contributed by atoms with van der Waals surface area (Å²) in [4.78, 5) is 26.3. The number of fused-ring (bicyclic) bond motifs is 2. The van der Waals surface area contributed by atoms with Gasteiger partial charge in [0, 0.05) is 18.9 Å². The molecule has 2 aromatic rings. The molecule has 0 bridgehead atoms. The van der Waals surface area contributed by atoms with E-state index in [9.17, 15) is 4.79 Å². The third-order valence-electron chi connectivity index (χ3n) is 9.82. The third-order valence-corrected chi connectivity index (χ3v) is 14.3. The Bertz CT molecular complexity index is 1240. The lowest BCUT2D eigenvalue weighted by Gasteiger charge is -2.38. The highest BCUT2D eigenvalue weighted by Crippen LogP contribution is 2.49. The minimum atomic E-state index is -2.00. The molecule has 6 rings (SSSR count). The predicted molar refractivity (Wildman–Crippen MR) is 157 cm³/mol. The van der Waals surface area contributed by atoms with E-state index in [1.165, 1.54) is 19.2 Å². The highest BCUT2D eigenvalue weighted by molar-refractivity contribution is 6.74. The molecule has 41 heavy (non-hydrogen) atoms. The van der Waals surface area contributed by atoms with Crippen LogP contribution in [-0.2, 0) is 18.6 Å². The molecule has 4 heterocycles. The van der Waals surface area contributed by atoms with E-state index in [-0.39, 0.29) is 35.4 Å². The molecule has 1 unspecified atom stereocenters. The first-order valence-electron chi connectivity index (χ1n) is 15.5. The molecule has 2 aliphatic carbocycles. The monoisotopic (exact) mass is 586 g/mol. The second-order valence-electron chi connectivity index (χ2n) is 13.8. The summed E-state index contributed by atoms with van der Waals surface area (Å²) in [7, 11) is -2.00. The molecule has 2 N–H and O–H groups in total. The molecule has 12 heteroatoms. The van der Waals surface area contributed by atoms with Crippen LogP contribution in [0.25, 0.3) is 11.2 Å². The van der Waals surface area contributed by atoms with Gasteiger partial charge in [0.15, 0.2) is 37.3 Å². The van der Waals surface area contributed by atoms with Crippen LogP contribution in [0.5, 0.6) is 0 Å². The number of carbonyl (C=O) groups is 1. The van der Waals surface area contributed by atoms with Gasteiger partial charge in [-0.1, -0.05) is 46.5 Å². The van der Waals surface area contributed by atoms with E-state index in [4.69, 9.17) is 18.6 Å². The summed E-state index contributed by atoms with van der Waals surface area (Å²) >= 11 is 0. The first-order chi connectivity index (χ1) is 19.6. The average Bonchev–Trinajstić information content (AvgIpc) is 3.60. The van der Waals surface area contributed by atoms with E-state index < -0.39 is 20.3 Å². The van der Waals surface area contributed by atoms with Gasteiger partial charge in [-0.15, -0.1) is 0 Å². The van der Waals surface area contributed by atoms with Crippen molar-refractivity contribution in [1.82, 2.24) is 24.8 Å². The van der Waals surface area contributed by atoms with Crippen LogP contribution < -0.4 is 10.6 Å². The van der Waals surface area contributed by atoms with Gasteiger partial charge in [-0.05, 0) is 43.8 Å². The topological polar surface area (TPSA) is 122 Å². The first-order valence-corrected chi connectivity index (χ1v) is 18.4. The van der Waals surface area contributed by atoms with Gasteiger partial charge in [-0.25, -0.2) is 19.7 Å². The number of aromatic nitrogens is 4. The van der Waals surface area contributed by atoms with Gasteiger partial charge in [0.05, 0.1) is 12.9 Å². The molecule has 0 radical (unpaired) electrons. The number of urea groups is 1. The molecule has 2 amide bonds. The zero-order chi connectivity index (χ0) is 28.8. The van der Waals surface area contributed by atoms with E-state index in [1.807, 2.05) is 4.57 Å². The molecule has 2 saturated heterocycles. The van der Waals surface area contributed by atoms with Gasteiger partial charge in [0.1, 0.15) is 24.6 Å². The molecule has 0 aromatic carbocycles. The Morgan fingerprint density at radius 2 is 1.76 bits per heavy atom. The number of imidazole rings is 1. The van der Waals surface area contributed by atoms with Crippen molar-refractivity contribution in [3.8, 4) is 0 Å². The number of rotatable bonds is 6. The average molecular weight is 587 g/mol. The van der Waals surface area contributed by atoms with Crippen molar-refractivity contribution in [2.24, 2.45) is 0 Å². The van der Waals surface area contributed by atoms with Crippen molar-refractivity contribution >= 4 is 31.3 Å². The molecule has 2 saturated carbocycles. The van der Waals surface area contributed by atoms with Gasteiger partial charge in [0.25, 0.3) is 0 Å². The van der Waals surface area contributed by atoms with Crippen molar-refractivity contribution in [3.63, 3.8) is 0 Å². The quantitative estimate of drug-likeness (QED) is 0.417. The summed E-state index contributed by atoms with van der Waals surface area (Å²) in [5.74, 6) is -0.193. The van der Waals surface area contributed by atoms with Crippen molar-refractivity contribution in [1.29, 1.82) is 0 Å². The van der Waals surface area contributed by atoms with Gasteiger partial charge < -0.3 is 24.0 Å². The van der Waals surface area contributed by atoms with Gasteiger partial charge in [0.2, 0.25) is 0 Å². The van der Waals surface area contributed by atoms with E-state index in [0.29, 0.717) is 23.6 Å². The summed E-state index contributed by atoms with van der Waals surface area (Å²) in [6.45, 7) is 11.7. The highest BCUT2D eigenvalue weighted by atomic mass is 28.4. The van der Waals surface area contributed by atoms with Crippen molar-refractivity contribution < 1.29 is 23.4 Å². The van der Waals surface area contributed by atoms with Crippen LogP contribution in [0.3, 0.4) is 0 Å². The summed E-state index contributed by atoms with van der Waals surface area (Å²) in [6, 6.07) is -0.0715. The number of ether oxygens (including phenoxy) is 3. The lowest BCUT2D eigenvalue weighted by molar-refractivity contribution is -0.232. The Morgan fingerprint density at radius 3 is 2.49 bits per heavy atom. The number of anilines is 1. The second kappa shape index (κ2) is 11.2. The maximum Gasteiger partial charge on any atom is 0.320 e. The maximum atomic E-state index is 12.8. The van der Waals surface area contributed by atoms with Crippen molar-refractivity contribution in [2.75, 3.05) is 11.9 Å². The molecule has 4 fully saturated rings. The number of hydrogen-bond donors (Lipinski definition) is 2. The summed E-state index contributed by atoms with van der Waals surface area (Å²) in [5.41, 5.74) is 1.09. The van der Waals surface area contributed by atoms with E-state index >= 15 is 0 Å². The summed E-state index contributed by atoms with van der Waals surface area (Å²) in [5, 5.41) is 6.07. The Kier molecular flexibility index (Phi) is 7.90. The molecule has 2 aromatic heterocycles. The molecule has 4 atom stereocenters. The number of nitrogens with zero attached hydrogens (tertiary/aromatic N) is 4. The molecule has 11 nitrogen and oxygen atoms in total. The highest BCUT2D eigenvalue weighted by Gasteiger charge is 2.59. The van der Waals surface area contributed by atoms with Crippen LogP contribution in [0.15, 0.2) is 12.7 Å². The zero-order valence-corrected chi connectivity index (χ0v) is 26.1. The Balaban J connectivity index is 1.24. The fourth-order valence-electron chi connectivity index (χ4n) is 6.40. The smallest absolute Gasteiger partial charge is 0.320 e. The maximum absolute atomic E-state index is 12.8. The lowest BCUT2D eigenvalue weighted by atomic mass is 9.94. The largest absolute Gasteiger partial charge is 0.414 e. The third kappa shape index (κ3) is 5.78. The Labute approximate surface area is 243 Å². The predicted octanol–water partition coefficient (Wildman–Crippen LogP) is 5.64. The van der Waals surface area contributed by atoms with E-state index in [0.717, 1.165) is 51.4 Å². The molecule has 1 spiro atoms. The Morgan fingerprint density at radius 1 is 1.05 bits per heavy atom. The van der Waals surface area contributed by atoms with Crippen LogP contribution in [-0.4, -0.2) is 70.6 Å². The van der Waals surface area contributed by atoms with Crippen LogP contribution in [0, 0.1) is 0 Å².